The highest BCUT2D eigenvalue weighted by atomic mass is 16.4. The molecule has 0 saturated heterocycles. The Labute approximate surface area is 331 Å². The van der Waals surface area contributed by atoms with Crippen LogP contribution in [0.3, 0.4) is 0 Å². The Hall–Kier alpha value is -5.77. The van der Waals surface area contributed by atoms with Crippen molar-refractivity contribution in [1.82, 2.24) is 10.6 Å². The molecule has 10 nitrogen and oxygen atoms in total. The van der Waals surface area contributed by atoms with Crippen LogP contribution in [-0.2, 0) is 20.8 Å². The number of fused-ring (bicyclic) bond motifs is 1. The van der Waals surface area contributed by atoms with E-state index in [-0.39, 0.29) is 64.6 Å². The third-order valence-corrected chi connectivity index (χ3v) is 13.7. The lowest BCUT2D eigenvalue weighted by molar-refractivity contribution is -0.132. The van der Waals surface area contributed by atoms with Gasteiger partial charge in [0.1, 0.15) is 6.04 Å². The van der Waals surface area contributed by atoms with E-state index in [1.54, 1.807) is 0 Å². The third-order valence-electron chi connectivity index (χ3n) is 13.7. The minimum atomic E-state index is -1.34. The maximum absolute atomic E-state index is 14.8. The molecule has 7 aliphatic rings. The van der Waals surface area contributed by atoms with Crippen LogP contribution in [0.4, 0.5) is 5.69 Å². The molecule has 10 heteroatoms. The van der Waals surface area contributed by atoms with Crippen molar-refractivity contribution in [1.29, 1.82) is 0 Å². The fraction of sp³-hybridized carbons (Fsp3) is 0.383. The molecule has 0 heterocycles. The number of amides is 3. The molecule has 0 radical (unpaired) electrons. The first-order valence-corrected chi connectivity index (χ1v) is 20.3. The highest BCUT2D eigenvalue weighted by Crippen LogP contribution is 2.61. The molecule has 4 aromatic carbocycles. The third kappa shape index (κ3) is 7.00. The average Bonchev–Trinajstić information content (AvgIpc) is 3.19. The van der Waals surface area contributed by atoms with Crippen molar-refractivity contribution in [2.24, 2.45) is 35.0 Å². The van der Waals surface area contributed by atoms with Crippen molar-refractivity contribution in [3.63, 3.8) is 0 Å². The molecule has 5 N–H and O–H groups in total. The van der Waals surface area contributed by atoms with Gasteiger partial charge in [-0.2, -0.15) is 0 Å². The van der Waals surface area contributed by atoms with Crippen LogP contribution in [0.2, 0.25) is 0 Å². The normalized spacial score (nSPS) is 27.8. The van der Waals surface area contributed by atoms with Crippen molar-refractivity contribution < 1.29 is 34.2 Å². The van der Waals surface area contributed by atoms with Gasteiger partial charge >= 0.3 is 11.9 Å². The molecule has 7 aliphatic carbocycles. The molecular weight excluding hydrogens is 719 g/mol. The lowest BCUT2D eigenvalue weighted by Gasteiger charge is -2.57. The van der Waals surface area contributed by atoms with E-state index in [9.17, 15) is 34.2 Å². The Morgan fingerprint density at radius 3 is 1.70 bits per heavy atom. The van der Waals surface area contributed by atoms with Gasteiger partial charge in [-0.3, -0.25) is 14.4 Å². The number of aromatic carboxylic acids is 2. The van der Waals surface area contributed by atoms with E-state index >= 15 is 0 Å². The summed E-state index contributed by atoms with van der Waals surface area (Å²) in [7, 11) is 0. The van der Waals surface area contributed by atoms with Gasteiger partial charge in [-0.1, -0.05) is 78.9 Å². The predicted molar refractivity (Wildman–Crippen MR) is 213 cm³/mol. The van der Waals surface area contributed by atoms with Gasteiger partial charge in [0.05, 0.1) is 17.0 Å². The summed E-state index contributed by atoms with van der Waals surface area (Å²) in [6.45, 7) is 0.664. The van der Waals surface area contributed by atoms with Gasteiger partial charge in [-0.05, 0) is 114 Å². The number of carboxylic acids is 2. The Morgan fingerprint density at radius 2 is 1.18 bits per heavy atom. The summed E-state index contributed by atoms with van der Waals surface area (Å²) < 4.78 is 0. The van der Waals surface area contributed by atoms with Crippen LogP contribution >= 0.6 is 0 Å². The second-order valence-corrected chi connectivity index (χ2v) is 17.5. The van der Waals surface area contributed by atoms with Crippen LogP contribution in [0.25, 0.3) is 0 Å². The Balaban J connectivity index is 1.01. The summed E-state index contributed by atoms with van der Waals surface area (Å²) in [5, 5.41) is 28.4. The van der Waals surface area contributed by atoms with Gasteiger partial charge in [-0.15, -0.1) is 0 Å². The van der Waals surface area contributed by atoms with Gasteiger partial charge in [0.15, 0.2) is 0 Å². The highest BCUT2D eigenvalue weighted by Gasteiger charge is 2.54. The van der Waals surface area contributed by atoms with Crippen LogP contribution in [0.5, 0.6) is 0 Å². The second-order valence-electron chi connectivity index (χ2n) is 17.5. The number of carbonyl (C=O) groups excluding carboxylic acids is 3. The predicted octanol–water partition coefficient (Wildman–Crippen LogP) is 7.00. The molecule has 292 valence electrons. The largest absolute Gasteiger partial charge is 0.478 e. The number of anilines is 1. The SMILES string of the molecule is O=C(CC1C2c3ccccc3C(c3ccccc32)C1C(=O)NCC12CC3CC(CC(C3)C1)C2)N[C@@H](Cc1ccccc1)C(=O)Nc1cc(C(=O)O)cc(C(=O)O)c1. The van der Waals surface area contributed by atoms with E-state index in [0.717, 1.165) is 51.6 Å². The maximum Gasteiger partial charge on any atom is 0.335 e. The Morgan fingerprint density at radius 1 is 0.667 bits per heavy atom. The Kier molecular flexibility index (Phi) is 9.45. The molecule has 2 unspecified atom stereocenters. The van der Waals surface area contributed by atoms with Crippen LogP contribution in [0, 0.1) is 35.0 Å². The molecule has 11 rings (SSSR count). The first-order valence-electron chi connectivity index (χ1n) is 20.3. The van der Waals surface area contributed by atoms with Crippen LogP contribution in [0.15, 0.2) is 97.1 Å². The molecule has 0 spiro atoms. The van der Waals surface area contributed by atoms with E-state index < -0.39 is 29.8 Å². The molecule has 4 saturated carbocycles. The summed E-state index contributed by atoms with van der Waals surface area (Å²) in [6, 6.07) is 28.0. The standard InChI is InChI=1S/C47H47N3O7/c51-39(50-38(17-26-8-2-1-3-9-26)43(52)49-32-19-30(45(54)55)18-31(20-32)46(56)57)21-37-40-33-10-4-6-12-35(33)41(36-13-7-5-11-34(36)40)42(37)44(53)48-25-47-22-27-14-28(23-47)16-29(15-27)24-47/h1-13,18-20,27-29,37-38,40-42H,14-17,21-25H2,(H,48,53)(H,49,52)(H,50,51)(H,54,55)(H,56,57)/t27?,28?,29?,37?,38-,40?,41?,42?,47?/m0/s1. The first kappa shape index (κ1) is 36.8. The molecule has 4 aromatic rings. The fourth-order valence-electron chi connectivity index (χ4n) is 12.0. The molecular formula is C47H47N3O7. The summed E-state index contributed by atoms with van der Waals surface area (Å²) in [6.07, 6.45) is 7.63. The molecule has 3 atom stereocenters. The van der Waals surface area contributed by atoms with E-state index in [4.69, 9.17) is 0 Å². The molecule has 57 heavy (non-hydrogen) atoms. The van der Waals surface area contributed by atoms with Gasteiger partial charge < -0.3 is 26.2 Å². The van der Waals surface area contributed by atoms with Crippen molar-refractivity contribution >= 4 is 35.3 Å². The summed E-state index contributed by atoms with van der Waals surface area (Å²) in [4.78, 5) is 66.9. The van der Waals surface area contributed by atoms with E-state index in [1.165, 1.54) is 50.7 Å². The number of nitrogens with one attached hydrogen (secondary N) is 3. The number of carboxylic acid groups (broad SMARTS) is 2. The number of carbonyl (C=O) groups is 5. The van der Waals surface area contributed by atoms with Crippen molar-refractivity contribution in [3.05, 3.63) is 136 Å². The van der Waals surface area contributed by atoms with Gasteiger partial charge in [0.2, 0.25) is 17.7 Å². The van der Waals surface area contributed by atoms with E-state index in [0.29, 0.717) is 6.54 Å². The van der Waals surface area contributed by atoms with Crippen molar-refractivity contribution in [2.45, 2.75) is 69.2 Å². The van der Waals surface area contributed by atoms with Crippen molar-refractivity contribution in [3.8, 4) is 0 Å². The molecule has 6 bridgehead atoms. The van der Waals surface area contributed by atoms with E-state index in [1.807, 2.05) is 54.6 Å². The fourth-order valence-corrected chi connectivity index (χ4v) is 12.0. The zero-order valence-corrected chi connectivity index (χ0v) is 31.7. The lowest BCUT2D eigenvalue weighted by Crippen LogP contribution is -2.54. The monoisotopic (exact) mass is 765 g/mol. The zero-order valence-electron chi connectivity index (χ0n) is 31.7. The van der Waals surface area contributed by atoms with E-state index in [2.05, 4.69) is 40.2 Å². The molecule has 3 amide bonds. The smallest absolute Gasteiger partial charge is 0.335 e. The molecule has 0 aliphatic heterocycles. The van der Waals surface area contributed by atoms with Crippen LogP contribution in [0.1, 0.15) is 105 Å². The maximum atomic E-state index is 14.8. The van der Waals surface area contributed by atoms with Crippen LogP contribution < -0.4 is 16.0 Å². The number of hydrogen-bond acceptors (Lipinski definition) is 5. The number of rotatable bonds is 12. The Bertz CT molecular complexity index is 2150. The second kappa shape index (κ2) is 14.6. The molecule has 0 aromatic heterocycles. The first-order chi connectivity index (χ1) is 27.5. The highest BCUT2D eigenvalue weighted by molar-refractivity contribution is 6.01. The summed E-state index contributed by atoms with van der Waals surface area (Å²) in [5.41, 5.74) is 4.81. The quantitative estimate of drug-likeness (QED) is 0.104. The summed E-state index contributed by atoms with van der Waals surface area (Å²) in [5.74, 6) is -2.78. The zero-order chi connectivity index (χ0) is 39.4. The number of benzene rings is 4. The number of hydrogen-bond donors (Lipinski definition) is 5. The molecule has 4 fully saturated rings. The van der Waals surface area contributed by atoms with Gasteiger partial charge in [0.25, 0.3) is 0 Å². The minimum absolute atomic E-state index is 0.00445. The topological polar surface area (TPSA) is 162 Å². The van der Waals surface area contributed by atoms with Crippen molar-refractivity contribution in [2.75, 3.05) is 11.9 Å². The minimum Gasteiger partial charge on any atom is -0.478 e. The van der Waals surface area contributed by atoms with Crippen LogP contribution in [-0.4, -0.2) is 52.5 Å². The van der Waals surface area contributed by atoms with Gasteiger partial charge in [-0.25, -0.2) is 9.59 Å². The van der Waals surface area contributed by atoms with Gasteiger partial charge in [0, 0.05) is 36.9 Å². The lowest BCUT2D eigenvalue weighted by atomic mass is 9.49. The summed E-state index contributed by atoms with van der Waals surface area (Å²) >= 11 is 0. The average molecular weight is 766 g/mol.